The predicted molar refractivity (Wildman–Crippen MR) is 99.0 cm³/mol. The van der Waals surface area contributed by atoms with Crippen molar-refractivity contribution >= 4 is 36.0 Å². The van der Waals surface area contributed by atoms with E-state index < -0.39 is 0 Å². The average Bonchev–Trinajstić information content (AvgIpc) is 3.37. The number of aromatic amines is 2. The normalized spacial score (nSPS) is 17.8. The number of nitrogens with zero attached hydrogens (tertiary/aromatic N) is 2. The van der Waals surface area contributed by atoms with E-state index in [4.69, 9.17) is 0 Å². The molecule has 4 heteroatoms. The van der Waals surface area contributed by atoms with Crippen LogP contribution in [0.1, 0.15) is 33.6 Å². The molecular formula is C20H14N4. The summed E-state index contributed by atoms with van der Waals surface area (Å²) in [6.45, 7) is 0. The smallest absolute Gasteiger partial charge is 0.0729 e. The van der Waals surface area contributed by atoms with Crippen molar-refractivity contribution in [1.29, 1.82) is 0 Å². The molecule has 2 aliphatic rings. The fourth-order valence-electron chi connectivity index (χ4n) is 3.10. The van der Waals surface area contributed by atoms with E-state index in [1.807, 2.05) is 49.1 Å². The minimum atomic E-state index is 0.977. The van der Waals surface area contributed by atoms with Gasteiger partial charge in [-0.1, -0.05) is 0 Å². The summed E-state index contributed by atoms with van der Waals surface area (Å²) in [5.74, 6) is 0. The monoisotopic (exact) mass is 310 g/mol. The summed E-state index contributed by atoms with van der Waals surface area (Å²) in [4.78, 5) is 15.5. The van der Waals surface area contributed by atoms with Gasteiger partial charge in [-0.05, 0) is 48.6 Å². The van der Waals surface area contributed by atoms with Crippen LogP contribution in [0.3, 0.4) is 0 Å². The van der Waals surface area contributed by atoms with Gasteiger partial charge in [0.1, 0.15) is 0 Å². The highest BCUT2D eigenvalue weighted by atomic mass is 14.8. The van der Waals surface area contributed by atoms with Crippen molar-refractivity contribution in [2.45, 2.75) is 0 Å². The van der Waals surface area contributed by atoms with Crippen LogP contribution in [0.2, 0.25) is 0 Å². The fourth-order valence-corrected chi connectivity index (χ4v) is 3.10. The number of rotatable bonds is 2. The lowest BCUT2D eigenvalue weighted by molar-refractivity contribution is 1.37. The summed E-state index contributed by atoms with van der Waals surface area (Å²) in [6, 6.07) is 12.4. The first kappa shape index (κ1) is 13.1. The molecule has 0 spiro atoms. The Morgan fingerprint density at radius 1 is 0.708 bits per heavy atom. The van der Waals surface area contributed by atoms with E-state index in [0.29, 0.717) is 0 Å². The summed E-state index contributed by atoms with van der Waals surface area (Å²) < 4.78 is 0. The molecule has 5 rings (SSSR count). The number of benzene rings is 1. The second kappa shape index (κ2) is 5.06. The average molecular weight is 310 g/mol. The van der Waals surface area contributed by atoms with Gasteiger partial charge in [0, 0.05) is 58.5 Å². The van der Waals surface area contributed by atoms with Crippen molar-refractivity contribution in [3.8, 4) is 0 Å². The minimum Gasteiger partial charge on any atom is -0.362 e. The fraction of sp³-hybridized carbons (Fsp3) is 0. The van der Waals surface area contributed by atoms with E-state index in [1.165, 1.54) is 0 Å². The van der Waals surface area contributed by atoms with Gasteiger partial charge in [0.2, 0.25) is 0 Å². The molecule has 0 saturated carbocycles. The van der Waals surface area contributed by atoms with Gasteiger partial charge in [0.25, 0.3) is 0 Å². The van der Waals surface area contributed by atoms with Crippen LogP contribution in [-0.4, -0.2) is 22.4 Å². The first-order valence-electron chi connectivity index (χ1n) is 7.84. The Kier molecular flexibility index (Phi) is 2.76. The van der Waals surface area contributed by atoms with Crippen LogP contribution >= 0.6 is 0 Å². The molecule has 0 atom stereocenters. The van der Waals surface area contributed by atoms with Crippen LogP contribution in [0.4, 0.5) is 0 Å². The van der Waals surface area contributed by atoms with Crippen LogP contribution in [0.15, 0.2) is 58.8 Å². The van der Waals surface area contributed by atoms with Gasteiger partial charge < -0.3 is 9.97 Å². The maximum Gasteiger partial charge on any atom is 0.0729 e. The van der Waals surface area contributed by atoms with E-state index in [1.54, 1.807) is 0 Å². The Balaban J connectivity index is 1.58. The Bertz CT molecular complexity index is 944. The molecule has 2 N–H and O–H groups in total. The molecule has 3 aromatic rings. The van der Waals surface area contributed by atoms with Gasteiger partial charge in [-0.3, -0.25) is 9.98 Å². The molecular weight excluding hydrogens is 296 g/mol. The zero-order valence-corrected chi connectivity index (χ0v) is 12.8. The highest BCUT2D eigenvalue weighted by molar-refractivity contribution is 6.07. The maximum atomic E-state index is 4.57. The van der Waals surface area contributed by atoms with Crippen LogP contribution in [0, 0.1) is 0 Å². The Hall–Kier alpha value is -3.40. The summed E-state index contributed by atoms with van der Waals surface area (Å²) in [7, 11) is 0. The number of aliphatic imine (C=N–C) groups is 2. The number of nitrogens with one attached hydrogen (secondary N) is 2. The third-order valence-electron chi connectivity index (χ3n) is 4.29. The zero-order valence-electron chi connectivity index (χ0n) is 12.8. The quantitative estimate of drug-likeness (QED) is 0.712. The molecule has 0 radical (unpaired) electrons. The molecule has 0 bridgehead atoms. The molecule has 4 nitrogen and oxygen atoms in total. The van der Waals surface area contributed by atoms with Crippen molar-refractivity contribution in [2.24, 2.45) is 9.98 Å². The van der Waals surface area contributed by atoms with Gasteiger partial charge in [-0.25, -0.2) is 0 Å². The Labute approximate surface area is 139 Å². The Morgan fingerprint density at radius 3 is 1.62 bits per heavy atom. The number of fused-ring (bicyclic) bond motifs is 2. The lowest BCUT2D eigenvalue weighted by atomic mass is 9.98. The minimum absolute atomic E-state index is 0.977. The van der Waals surface area contributed by atoms with Gasteiger partial charge in [0.05, 0.1) is 11.4 Å². The van der Waals surface area contributed by atoms with Gasteiger partial charge >= 0.3 is 0 Å². The number of hydrogen-bond acceptors (Lipinski definition) is 2. The number of H-pyrrole nitrogens is 2. The number of aromatic nitrogens is 2. The molecule has 2 aliphatic heterocycles. The molecule has 24 heavy (non-hydrogen) atoms. The molecule has 0 unspecified atom stereocenters. The molecule has 1 aromatic carbocycles. The highest BCUT2D eigenvalue weighted by Crippen LogP contribution is 2.35. The second-order valence-corrected chi connectivity index (χ2v) is 5.85. The van der Waals surface area contributed by atoms with Crippen molar-refractivity contribution in [1.82, 2.24) is 9.97 Å². The van der Waals surface area contributed by atoms with E-state index in [0.717, 1.165) is 45.0 Å². The van der Waals surface area contributed by atoms with Crippen LogP contribution in [0.5, 0.6) is 0 Å². The lowest BCUT2D eigenvalue weighted by Crippen LogP contribution is -1.91. The Morgan fingerprint density at radius 2 is 1.21 bits per heavy atom. The van der Waals surface area contributed by atoms with E-state index in [2.05, 4.69) is 44.2 Å². The number of hydrogen-bond donors (Lipinski definition) is 2. The van der Waals surface area contributed by atoms with E-state index in [9.17, 15) is 0 Å². The summed E-state index contributed by atoms with van der Waals surface area (Å²) in [5, 5.41) is 0. The maximum absolute atomic E-state index is 4.57. The van der Waals surface area contributed by atoms with Crippen LogP contribution in [0.25, 0.3) is 23.5 Å². The van der Waals surface area contributed by atoms with E-state index >= 15 is 0 Å². The van der Waals surface area contributed by atoms with Crippen LogP contribution < -0.4 is 0 Å². The molecule has 0 amide bonds. The van der Waals surface area contributed by atoms with Crippen molar-refractivity contribution in [3.63, 3.8) is 0 Å². The molecule has 0 aliphatic carbocycles. The van der Waals surface area contributed by atoms with Gasteiger partial charge in [-0.15, -0.1) is 0 Å². The second-order valence-electron chi connectivity index (χ2n) is 5.85. The summed E-state index contributed by atoms with van der Waals surface area (Å²) in [5.41, 5.74) is 8.62. The van der Waals surface area contributed by atoms with Gasteiger partial charge in [-0.2, -0.15) is 0 Å². The topological polar surface area (TPSA) is 56.3 Å². The van der Waals surface area contributed by atoms with E-state index in [-0.39, 0.29) is 0 Å². The molecule has 114 valence electrons. The first-order chi connectivity index (χ1) is 11.9. The first-order valence-corrected chi connectivity index (χ1v) is 7.84. The third kappa shape index (κ3) is 2.08. The third-order valence-corrected chi connectivity index (χ3v) is 4.29. The molecule has 4 heterocycles. The zero-order chi connectivity index (χ0) is 15.9. The summed E-state index contributed by atoms with van der Waals surface area (Å²) in [6.07, 6.45) is 11.8. The molecule has 2 aromatic heterocycles. The van der Waals surface area contributed by atoms with Crippen molar-refractivity contribution in [3.05, 3.63) is 82.4 Å². The predicted octanol–water partition coefficient (Wildman–Crippen LogP) is 4.20. The highest BCUT2D eigenvalue weighted by Gasteiger charge is 2.20. The molecule has 0 fully saturated rings. The standard InChI is InChI=1S/C20H14N4/c1-3-15(21-5-1)9-19-17-7-14-12-24-20(10-16-4-2-6-22-16)18(14)8-13(17)11-23-19/h1-12,21-22H/b19-9-,20-10-. The molecule has 0 saturated heterocycles. The van der Waals surface area contributed by atoms with Crippen molar-refractivity contribution < 1.29 is 0 Å². The summed E-state index contributed by atoms with van der Waals surface area (Å²) >= 11 is 0. The largest absolute Gasteiger partial charge is 0.362 e. The van der Waals surface area contributed by atoms with Crippen LogP contribution in [-0.2, 0) is 0 Å². The van der Waals surface area contributed by atoms with Gasteiger partial charge in [0.15, 0.2) is 0 Å². The van der Waals surface area contributed by atoms with Crippen molar-refractivity contribution in [2.75, 3.05) is 0 Å². The SMILES string of the molecule is C1=N/C(=C\c2ccc[nH]2)c2cc3c(cc21)/C(=C/c1ccc[nH]1)N=C3. The lowest BCUT2D eigenvalue weighted by Gasteiger charge is -2.05.